The van der Waals surface area contributed by atoms with Gasteiger partial charge in [-0.15, -0.1) is 11.3 Å². The summed E-state index contributed by atoms with van der Waals surface area (Å²) < 4.78 is 0. The Hall–Kier alpha value is -2.33. The number of hydrogen-bond acceptors (Lipinski definition) is 7. The maximum Gasteiger partial charge on any atom is 0.355 e. The van der Waals surface area contributed by atoms with Crippen LogP contribution in [0.15, 0.2) is 17.5 Å². The number of amides is 1. The van der Waals surface area contributed by atoms with E-state index >= 15 is 0 Å². The maximum atomic E-state index is 11.9. The van der Waals surface area contributed by atoms with Crippen molar-refractivity contribution in [3.05, 3.63) is 43.2 Å². The second kappa shape index (κ2) is 5.97. The summed E-state index contributed by atoms with van der Waals surface area (Å²) in [6.45, 7) is 1.66. The number of aromatic nitrogens is 1. The Morgan fingerprint density at radius 1 is 1.48 bits per heavy atom. The molecule has 0 spiro atoms. The van der Waals surface area contributed by atoms with Gasteiger partial charge in [0.05, 0.1) is 15.8 Å². The van der Waals surface area contributed by atoms with Crippen LogP contribution in [0.1, 0.15) is 38.1 Å². The fourth-order valence-electron chi connectivity index (χ4n) is 1.46. The summed E-state index contributed by atoms with van der Waals surface area (Å²) in [5.41, 5.74) is -0.0807. The van der Waals surface area contributed by atoms with Gasteiger partial charge in [-0.3, -0.25) is 14.9 Å². The minimum Gasteiger partial charge on any atom is -0.476 e. The third-order valence-corrected chi connectivity index (χ3v) is 4.52. The first-order chi connectivity index (χ1) is 9.88. The normalized spacial score (nSPS) is 11.9. The molecule has 2 heterocycles. The van der Waals surface area contributed by atoms with E-state index in [1.807, 2.05) is 0 Å². The molecule has 0 aliphatic heterocycles. The van der Waals surface area contributed by atoms with Crippen LogP contribution in [-0.2, 0) is 0 Å². The Labute approximate surface area is 126 Å². The van der Waals surface area contributed by atoms with Crippen LogP contribution in [-0.4, -0.2) is 26.9 Å². The number of carboxylic acid groups (broad SMARTS) is 1. The van der Waals surface area contributed by atoms with E-state index in [9.17, 15) is 19.7 Å². The summed E-state index contributed by atoms with van der Waals surface area (Å²) in [4.78, 5) is 36.8. The molecule has 0 radical (unpaired) electrons. The van der Waals surface area contributed by atoms with Gasteiger partial charge < -0.3 is 10.4 Å². The van der Waals surface area contributed by atoms with Gasteiger partial charge in [-0.05, 0) is 13.0 Å². The van der Waals surface area contributed by atoms with Crippen molar-refractivity contribution in [1.29, 1.82) is 0 Å². The number of thiazole rings is 1. The lowest BCUT2D eigenvalue weighted by Crippen LogP contribution is -2.25. The minimum absolute atomic E-state index is 0.0807. The van der Waals surface area contributed by atoms with Gasteiger partial charge in [-0.2, -0.15) is 0 Å². The van der Waals surface area contributed by atoms with Gasteiger partial charge >= 0.3 is 11.0 Å². The van der Waals surface area contributed by atoms with Gasteiger partial charge in [0.1, 0.15) is 5.01 Å². The van der Waals surface area contributed by atoms with E-state index in [1.165, 1.54) is 17.5 Å². The topological polar surface area (TPSA) is 122 Å². The molecule has 0 aliphatic carbocycles. The third kappa shape index (κ3) is 3.41. The Bertz CT molecular complexity index is 708. The Balaban J connectivity index is 2.06. The summed E-state index contributed by atoms with van der Waals surface area (Å²) in [6.07, 6.45) is 0. The van der Waals surface area contributed by atoms with Gasteiger partial charge in [0.15, 0.2) is 5.69 Å². The van der Waals surface area contributed by atoms with E-state index in [0.29, 0.717) is 5.01 Å². The van der Waals surface area contributed by atoms with Crippen LogP contribution in [0.4, 0.5) is 5.00 Å². The number of hydrogen-bond donors (Lipinski definition) is 2. The predicted molar refractivity (Wildman–Crippen MR) is 75.9 cm³/mol. The summed E-state index contributed by atoms with van der Waals surface area (Å²) in [7, 11) is 0. The molecule has 0 aromatic carbocycles. The molecular formula is C11H9N3O5S2. The van der Waals surface area contributed by atoms with Crippen LogP contribution in [0.25, 0.3) is 0 Å². The molecule has 1 atom stereocenters. The van der Waals surface area contributed by atoms with Gasteiger partial charge in [0, 0.05) is 11.4 Å². The van der Waals surface area contributed by atoms with E-state index < -0.39 is 22.8 Å². The summed E-state index contributed by atoms with van der Waals surface area (Å²) >= 11 is 1.90. The second-order valence-electron chi connectivity index (χ2n) is 3.97. The Kier molecular flexibility index (Phi) is 4.29. The fourth-order valence-corrected chi connectivity index (χ4v) is 2.99. The SMILES string of the molecule is CC(NC(=O)c1ccc([N+](=O)[O-])s1)c1nc(C(=O)O)cs1. The summed E-state index contributed by atoms with van der Waals surface area (Å²) in [6, 6.07) is 2.14. The van der Waals surface area contributed by atoms with Crippen molar-refractivity contribution >= 4 is 39.6 Å². The highest BCUT2D eigenvalue weighted by Crippen LogP contribution is 2.25. The molecule has 0 fully saturated rings. The number of carboxylic acids is 1. The van der Waals surface area contributed by atoms with Gasteiger partial charge in [-0.25, -0.2) is 9.78 Å². The van der Waals surface area contributed by atoms with Crippen molar-refractivity contribution in [2.24, 2.45) is 0 Å². The van der Waals surface area contributed by atoms with Crippen LogP contribution in [0, 0.1) is 10.1 Å². The lowest BCUT2D eigenvalue weighted by atomic mass is 10.3. The van der Waals surface area contributed by atoms with Gasteiger partial charge in [0.25, 0.3) is 5.91 Å². The first-order valence-corrected chi connectivity index (χ1v) is 7.32. The van der Waals surface area contributed by atoms with Gasteiger partial charge in [-0.1, -0.05) is 11.3 Å². The van der Waals surface area contributed by atoms with Crippen LogP contribution < -0.4 is 5.32 Å². The molecule has 1 unspecified atom stereocenters. The first-order valence-electron chi connectivity index (χ1n) is 5.62. The standard InChI is InChI=1S/C11H9N3O5S2/c1-5(10-13-6(4-20-10)11(16)17)12-9(15)7-2-3-8(21-7)14(18)19/h2-5H,1H3,(H,12,15)(H,16,17). The average Bonchev–Trinajstić information content (AvgIpc) is 3.08. The van der Waals surface area contributed by atoms with Crippen LogP contribution in [0.3, 0.4) is 0 Å². The van der Waals surface area contributed by atoms with E-state index in [4.69, 9.17) is 5.11 Å². The van der Waals surface area contributed by atoms with E-state index in [-0.39, 0.29) is 15.6 Å². The summed E-state index contributed by atoms with van der Waals surface area (Å²) in [5, 5.41) is 23.7. The lowest BCUT2D eigenvalue weighted by molar-refractivity contribution is -0.380. The largest absolute Gasteiger partial charge is 0.476 e. The van der Waals surface area contributed by atoms with Crippen molar-refractivity contribution < 1.29 is 19.6 Å². The van der Waals surface area contributed by atoms with Crippen LogP contribution in [0.2, 0.25) is 0 Å². The first kappa shape index (κ1) is 15.1. The Morgan fingerprint density at radius 2 is 2.19 bits per heavy atom. The molecule has 2 aromatic rings. The molecule has 0 saturated heterocycles. The van der Waals surface area contributed by atoms with Gasteiger partial charge in [0.2, 0.25) is 0 Å². The van der Waals surface area contributed by atoms with Crippen molar-refractivity contribution in [2.45, 2.75) is 13.0 Å². The zero-order valence-electron chi connectivity index (χ0n) is 10.6. The quantitative estimate of drug-likeness (QED) is 0.641. The number of nitro groups is 1. The zero-order valence-corrected chi connectivity index (χ0v) is 12.2. The maximum absolute atomic E-state index is 11.9. The Morgan fingerprint density at radius 3 is 2.71 bits per heavy atom. The van der Waals surface area contributed by atoms with E-state index in [2.05, 4.69) is 10.3 Å². The predicted octanol–water partition coefficient (Wildman–Crippen LogP) is 2.30. The van der Waals surface area contributed by atoms with Crippen molar-refractivity contribution in [3.8, 4) is 0 Å². The number of nitrogens with zero attached hydrogens (tertiary/aromatic N) is 2. The molecule has 2 aromatic heterocycles. The molecule has 2 rings (SSSR count). The molecule has 2 N–H and O–H groups in total. The molecule has 110 valence electrons. The molecular weight excluding hydrogens is 318 g/mol. The van der Waals surface area contributed by atoms with Crippen molar-refractivity contribution in [3.63, 3.8) is 0 Å². The van der Waals surface area contributed by atoms with Crippen LogP contribution >= 0.6 is 22.7 Å². The van der Waals surface area contributed by atoms with E-state index in [0.717, 1.165) is 22.7 Å². The zero-order chi connectivity index (χ0) is 15.6. The monoisotopic (exact) mass is 327 g/mol. The molecule has 0 saturated carbocycles. The average molecular weight is 327 g/mol. The molecule has 0 aliphatic rings. The number of rotatable bonds is 5. The van der Waals surface area contributed by atoms with E-state index in [1.54, 1.807) is 6.92 Å². The minimum atomic E-state index is -1.13. The highest BCUT2D eigenvalue weighted by Gasteiger charge is 2.19. The molecule has 8 nitrogen and oxygen atoms in total. The van der Waals surface area contributed by atoms with Crippen molar-refractivity contribution in [2.75, 3.05) is 0 Å². The molecule has 21 heavy (non-hydrogen) atoms. The lowest BCUT2D eigenvalue weighted by Gasteiger charge is -2.09. The second-order valence-corrected chi connectivity index (χ2v) is 5.92. The van der Waals surface area contributed by atoms with Crippen LogP contribution in [0.5, 0.6) is 0 Å². The molecule has 0 bridgehead atoms. The highest BCUT2D eigenvalue weighted by atomic mass is 32.1. The molecule has 1 amide bonds. The highest BCUT2D eigenvalue weighted by molar-refractivity contribution is 7.17. The molecule has 10 heteroatoms. The number of thiophene rings is 1. The smallest absolute Gasteiger partial charge is 0.355 e. The number of carbonyl (C=O) groups is 2. The number of aromatic carboxylic acids is 1. The fraction of sp³-hybridized carbons (Fsp3) is 0.182. The number of nitrogens with one attached hydrogen (secondary N) is 1. The van der Waals surface area contributed by atoms with Crippen molar-refractivity contribution in [1.82, 2.24) is 10.3 Å². The summed E-state index contributed by atoms with van der Waals surface area (Å²) in [5.74, 6) is -1.60. The third-order valence-electron chi connectivity index (χ3n) is 2.45. The number of carbonyl (C=O) groups excluding carboxylic acids is 1.